The molecule has 2 atom stereocenters. The van der Waals surface area contributed by atoms with Gasteiger partial charge in [-0.3, -0.25) is 4.90 Å². The summed E-state index contributed by atoms with van der Waals surface area (Å²) in [5, 5.41) is 9.70. The van der Waals surface area contributed by atoms with Crippen LogP contribution in [0.1, 0.15) is 25.5 Å². The minimum Gasteiger partial charge on any atom is -0.491 e. The Morgan fingerprint density at radius 2 is 2.29 bits per heavy atom. The van der Waals surface area contributed by atoms with Gasteiger partial charge in [0.25, 0.3) is 0 Å². The van der Waals surface area contributed by atoms with Gasteiger partial charge in [0.15, 0.2) is 0 Å². The van der Waals surface area contributed by atoms with E-state index in [2.05, 4.69) is 18.7 Å². The van der Waals surface area contributed by atoms with Crippen LogP contribution in [0.2, 0.25) is 0 Å². The molecule has 2 aliphatic rings. The van der Waals surface area contributed by atoms with Crippen LogP contribution in [0.3, 0.4) is 0 Å². The number of rotatable bonds is 4. The van der Waals surface area contributed by atoms with Gasteiger partial charge in [0.2, 0.25) is 0 Å². The Hall–Kier alpha value is -1.30. The second-order valence-electron chi connectivity index (χ2n) is 5.92. The van der Waals surface area contributed by atoms with Crippen molar-refractivity contribution in [2.45, 2.75) is 32.1 Å². The van der Waals surface area contributed by atoms with Crippen molar-refractivity contribution in [2.75, 3.05) is 32.9 Å². The molecule has 1 aromatic carbocycles. The van der Waals surface area contributed by atoms with Crippen LogP contribution in [-0.4, -0.2) is 55.1 Å². The molecule has 5 heteroatoms. The van der Waals surface area contributed by atoms with Crippen LogP contribution in [0.25, 0.3) is 0 Å². The average Bonchev–Trinajstić information content (AvgIpc) is 2.86. The minimum absolute atomic E-state index is 0.0981. The van der Waals surface area contributed by atoms with Gasteiger partial charge in [-0.1, -0.05) is 0 Å². The van der Waals surface area contributed by atoms with Crippen LogP contribution in [0.4, 0.5) is 0 Å². The minimum atomic E-state index is -0.518. The summed E-state index contributed by atoms with van der Waals surface area (Å²) >= 11 is 0. The number of hydrogen-bond acceptors (Lipinski definition) is 5. The van der Waals surface area contributed by atoms with E-state index in [4.69, 9.17) is 14.2 Å². The van der Waals surface area contributed by atoms with E-state index in [0.717, 1.165) is 31.0 Å². The summed E-state index contributed by atoms with van der Waals surface area (Å²) in [6.45, 7) is 7.90. The monoisotopic (exact) mass is 293 g/mol. The third-order valence-electron chi connectivity index (χ3n) is 4.08. The first-order valence-electron chi connectivity index (χ1n) is 7.56. The van der Waals surface area contributed by atoms with Crippen molar-refractivity contribution in [2.24, 2.45) is 0 Å². The number of fused-ring (bicyclic) bond motifs is 1. The average molecular weight is 293 g/mol. The van der Waals surface area contributed by atoms with Crippen LogP contribution < -0.4 is 9.47 Å². The molecule has 1 N–H and O–H groups in total. The van der Waals surface area contributed by atoms with E-state index in [1.165, 1.54) is 0 Å². The summed E-state index contributed by atoms with van der Waals surface area (Å²) < 4.78 is 17.0. The molecule has 1 saturated heterocycles. The van der Waals surface area contributed by atoms with Gasteiger partial charge in [-0.25, -0.2) is 0 Å². The smallest absolute Gasteiger partial charge is 0.129 e. The lowest BCUT2D eigenvalue weighted by Gasteiger charge is -2.35. The molecule has 0 amide bonds. The fourth-order valence-electron chi connectivity index (χ4n) is 2.76. The first-order chi connectivity index (χ1) is 10.1. The number of ether oxygens (including phenoxy) is 3. The molecule has 1 fully saturated rings. The molecule has 116 valence electrons. The van der Waals surface area contributed by atoms with Gasteiger partial charge in [-0.2, -0.15) is 0 Å². The summed E-state index contributed by atoms with van der Waals surface area (Å²) in [5.41, 5.74) is 0.835. The van der Waals surface area contributed by atoms with Gasteiger partial charge >= 0.3 is 0 Å². The SMILES string of the molecule is CC(C)N1CCOC(COc2ccc3c(c2)OCC3O)C1. The standard InChI is InChI=1S/C16H23NO4/c1-11(2)17-5-6-19-13(8-17)9-20-12-3-4-14-15(18)10-21-16(14)7-12/h3-4,7,11,13,15,18H,5-6,8-10H2,1-2H3. The molecule has 0 spiro atoms. The second-order valence-corrected chi connectivity index (χ2v) is 5.92. The molecule has 1 aromatic rings. The molecule has 2 aliphatic heterocycles. The van der Waals surface area contributed by atoms with Crippen molar-refractivity contribution in [3.63, 3.8) is 0 Å². The third kappa shape index (κ3) is 3.31. The van der Waals surface area contributed by atoms with E-state index in [9.17, 15) is 5.11 Å². The maximum absolute atomic E-state index is 9.70. The molecule has 0 bridgehead atoms. The van der Waals surface area contributed by atoms with Crippen molar-refractivity contribution < 1.29 is 19.3 Å². The Bertz CT molecular complexity index is 491. The summed E-state index contributed by atoms with van der Waals surface area (Å²) in [5.74, 6) is 1.47. The van der Waals surface area contributed by atoms with Gasteiger partial charge < -0.3 is 19.3 Å². The predicted molar refractivity (Wildman–Crippen MR) is 78.8 cm³/mol. The summed E-state index contributed by atoms with van der Waals surface area (Å²) in [7, 11) is 0. The van der Waals surface area contributed by atoms with Crippen LogP contribution in [0.5, 0.6) is 11.5 Å². The van der Waals surface area contributed by atoms with Crippen molar-refractivity contribution in [3.05, 3.63) is 23.8 Å². The number of hydrogen-bond donors (Lipinski definition) is 1. The molecule has 21 heavy (non-hydrogen) atoms. The lowest BCUT2D eigenvalue weighted by atomic mass is 10.1. The van der Waals surface area contributed by atoms with Gasteiger partial charge in [0, 0.05) is 30.8 Å². The van der Waals surface area contributed by atoms with E-state index in [-0.39, 0.29) is 6.10 Å². The largest absolute Gasteiger partial charge is 0.491 e. The fourth-order valence-corrected chi connectivity index (χ4v) is 2.76. The second kappa shape index (κ2) is 6.22. The number of nitrogens with zero attached hydrogens (tertiary/aromatic N) is 1. The number of benzene rings is 1. The van der Waals surface area contributed by atoms with Gasteiger partial charge in [0.1, 0.15) is 36.9 Å². The van der Waals surface area contributed by atoms with E-state index < -0.39 is 6.10 Å². The molecular formula is C16H23NO4. The first kappa shape index (κ1) is 14.6. The molecule has 0 aromatic heterocycles. The van der Waals surface area contributed by atoms with E-state index in [1.54, 1.807) is 0 Å². The summed E-state index contributed by atoms with van der Waals surface area (Å²) in [4.78, 5) is 2.40. The lowest BCUT2D eigenvalue weighted by molar-refractivity contribution is -0.0564. The zero-order valence-electron chi connectivity index (χ0n) is 12.6. The molecule has 0 aliphatic carbocycles. The van der Waals surface area contributed by atoms with Gasteiger partial charge in [-0.15, -0.1) is 0 Å². The highest BCUT2D eigenvalue weighted by molar-refractivity contribution is 5.44. The summed E-state index contributed by atoms with van der Waals surface area (Å²) in [6.07, 6.45) is -0.420. The van der Waals surface area contributed by atoms with Crippen LogP contribution >= 0.6 is 0 Å². The number of aliphatic hydroxyl groups is 1. The topological polar surface area (TPSA) is 51.2 Å². The Labute approximate surface area is 125 Å². The molecule has 2 unspecified atom stereocenters. The normalized spacial score (nSPS) is 25.7. The Morgan fingerprint density at radius 1 is 1.43 bits per heavy atom. The third-order valence-corrected chi connectivity index (χ3v) is 4.08. The zero-order chi connectivity index (χ0) is 14.8. The number of morpholine rings is 1. The van der Waals surface area contributed by atoms with Crippen molar-refractivity contribution in [3.8, 4) is 11.5 Å². The first-order valence-corrected chi connectivity index (χ1v) is 7.56. The zero-order valence-corrected chi connectivity index (χ0v) is 12.6. The highest BCUT2D eigenvalue weighted by atomic mass is 16.5. The highest BCUT2D eigenvalue weighted by Crippen LogP contribution is 2.35. The Kier molecular flexibility index (Phi) is 4.33. The van der Waals surface area contributed by atoms with Crippen LogP contribution in [0.15, 0.2) is 18.2 Å². The molecule has 0 radical (unpaired) electrons. The highest BCUT2D eigenvalue weighted by Gasteiger charge is 2.24. The van der Waals surface area contributed by atoms with Crippen molar-refractivity contribution >= 4 is 0 Å². The van der Waals surface area contributed by atoms with Crippen molar-refractivity contribution in [1.29, 1.82) is 0 Å². The van der Waals surface area contributed by atoms with E-state index in [1.807, 2.05) is 18.2 Å². The maximum atomic E-state index is 9.70. The lowest BCUT2D eigenvalue weighted by Crippen LogP contribution is -2.47. The van der Waals surface area contributed by atoms with Gasteiger partial charge in [0.05, 0.1) is 6.61 Å². The molecular weight excluding hydrogens is 270 g/mol. The Balaban J connectivity index is 1.56. The molecule has 5 nitrogen and oxygen atoms in total. The van der Waals surface area contributed by atoms with Gasteiger partial charge in [-0.05, 0) is 26.0 Å². The maximum Gasteiger partial charge on any atom is 0.129 e. The van der Waals surface area contributed by atoms with Crippen LogP contribution in [-0.2, 0) is 4.74 Å². The Morgan fingerprint density at radius 3 is 3.10 bits per heavy atom. The van der Waals surface area contributed by atoms with E-state index >= 15 is 0 Å². The predicted octanol–water partition coefficient (Wildman–Crippen LogP) is 1.60. The fraction of sp³-hybridized carbons (Fsp3) is 0.625. The van der Waals surface area contributed by atoms with E-state index in [0.29, 0.717) is 25.0 Å². The van der Waals surface area contributed by atoms with Crippen molar-refractivity contribution in [1.82, 2.24) is 4.90 Å². The number of aliphatic hydroxyl groups excluding tert-OH is 1. The van der Waals surface area contributed by atoms with Crippen LogP contribution in [0, 0.1) is 0 Å². The molecule has 3 rings (SSSR count). The summed E-state index contributed by atoms with van der Waals surface area (Å²) in [6, 6.07) is 6.12. The molecule has 2 heterocycles. The quantitative estimate of drug-likeness (QED) is 0.914. The molecule has 0 saturated carbocycles.